The molecule has 1 rings (SSSR count). The van der Waals surface area contributed by atoms with Crippen molar-refractivity contribution in [1.29, 1.82) is 0 Å². The minimum Gasteiger partial charge on any atom is -0.307 e. The molecule has 0 saturated heterocycles. The zero-order valence-electron chi connectivity index (χ0n) is 12.0. The van der Waals surface area contributed by atoms with Crippen LogP contribution < -0.4 is 5.32 Å². The summed E-state index contributed by atoms with van der Waals surface area (Å²) in [6.45, 7) is 6.81. The first-order valence-corrected chi connectivity index (χ1v) is 8.73. The Kier molecular flexibility index (Phi) is 5.42. The molecule has 5 heteroatoms. The molecule has 0 heterocycles. The van der Waals surface area contributed by atoms with Crippen molar-refractivity contribution >= 4 is 21.4 Å². The standard InChI is InChI=1S/C14H22ClNO2S/c1-5-14(3,6-2)16-10-11-12(15)8-7-9-13(11)19(4,17)18/h7-9,16H,5-6,10H2,1-4H3. The molecule has 0 aliphatic carbocycles. The van der Waals surface area contributed by atoms with Crippen LogP contribution >= 0.6 is 11.6 Å². The number of benzene rings is 1. The van der Waals surface area contributed by atoms with E-state index in [4.69, 9.17) is 11.6 Å². The second-order valence-electron chi connectivity index (χ2n) is 5.11. The van der Waals surface area contributed by atoms with Gasteiger partial charge in [0, 0.05) is 28.9 Å². The molecule has 3 nitrogen and oxygen atoms in total. The van der Waals surface area contributed by atoms with Crippen LogP contribution in [0.4, 0.5) is 0 Å². The lowest BCUT2D eigenvalue weighted by molar-refractivity contribution is 0.328. The number of hydrogen-bond donors (Lipinski definition) is 1. The largest absolute Gasteiger partial charge is 0.307 e. The topological polar surface area (TPSA) is 46.2 Å². The van der Waals surface area contributed by atoms with Crippen LogP contribution in [0.25, 0.3) is 0 Å². The lowest BCUT2D eigenvalue weighted by atomic mass is 9.95. The molecule has 1 N–H and O–H groups in total. The van der Waals surface area contributed by atoms with Crippen LogP contribution in [0.1, 0.15) is 39.2 Å². The molecule has 0 radical (unpaired) electrons. The van der Waals surface area contributed by atoms with E-state index < -0.39 is 9.84 Å². The first-order valence-electron chi connectivity index (χ1n) is 6.46. The van der Waals surface area contributed by atoms with Gasteiger partial charge in [-0.15, -0.1) is 0 Å². The van der Waals surface area contributed by atoms with Gasteiger partial charge in [-0.25, -0.2) is 8.42 Å². The van der Waals surface area contributed by atoms with E-state index in [2.05, 4.69) is 26.1 Å². The van der Waals surface area contributed by atoms with Crippen LogP contribution in [0.2, 0.25) is 5.02 Å². The predicted octanol–water partition coefficient (Wildman–Crippen LogP) is 3.41. The molecule has 1 aromatic carbocycles. The van der Waals surface area contributed by atoms with Gasteiger partial charge in [-0.3, -0.25) is 0 Å². The Morgan fingerprint density at radius 2 is 1.84 bits per heavy atom. The van der Waals surface area contributed by atoms with Crippen LogP contribution in [0.15, 0.2) is 23.1 Å². The number of sulfone groups is 1. The number of nitrogens with one attached hydrogen (secondary N) is 1. The van der Waals surface area contributed by atoms with Gasteiger partial charge in [0.15, 0.2) is 9.84 Å². The maximum absolute atomic E-state index is 11.8. The van der Waals surface area contributed by atoms with E-state index in [9.17, 15) is 8.42 Å². The smallest absolute Gasteiger partial charge is 0.175 e. The summed E-state index contributed by atoms with van der Waals surface area (Å²) in [5.74, 6) is 0. The molecule has 0 saturated carbocycles. The van der Waals surface area contributed by atoms with Gasteiger partial charge >= 0.3 is 0 Å². The fourth-order valence-corrected chi connectivity index (χ4v) is 3.11. The number of rotatable bonds is 6. The quantitative estimate of drug-likeness (QED) is 0.876. The highest BCUT2D eigenvalue weighted by atomic mass is 35.5. The summed E-state index contributed by atoms with van der Waals surface area (Å²) >= 11 is 6.15. The zero-order chi connectivity index (χ0) is 14.7. The van der Waals surface area contributed by atoms with E-state index in [0.717, 1.165) is 12.8 Å². The van der Waals surface area contributed by atoms with Gasteiger partial charge in [0.1, 0.15) is 0 Å². The van der Waals surface area contributed by atoms with Gasteiger partial charge < -0.3 is 5.32 Å². The summed E-state index contributed by atoms with van der Waals surface area (Å²) in [7, 11) is -3.26. The fourth-order valence-electron chi connectivity index (χ4n) is 1.86. The minimum absolute atomic E-state index is 0.00601. The minimum atomic E-state index is -3.26. The highest BCUT2D eigenvalue weighted by Crippen LogP contribution is 2.25. The monoisotopic (exact) mass is 303 g/mol. The molecule has 0 atom stereocenters. The van der Waals surface area contributed by atoms with Crippen LogP contribution in [-0.2, 0) is 16.4 Å². The SMILES string of the molecule is CCC(C)(CC)NCc1c(Cl)cccc1S(C)(=O)=O. The molecule has 108 valence electrons. The van der Waals surface area contributed by atoms with Gasteiger partial charge in [0.05, 0.1) is 4.90 Å². The average Bonchev–Trinajstić information content (AvgIpc) is 2.35. The third kappa shape index (κ3) is 4.20. The van der Waals surface area contributed by atoms with Crippen molar-refractivity contribution in [2.75, 3.05) is 6.26 Å². The third-order valence-electron chi connectivity index (χ3n) is 3.73. The molecule has 0 aliphatic rings. The molecule has 0 aliphatic heterocycles. The Morgan fingerprint density at radius 3 is 2.32 bits per heavy atom. The Hall–Kier alpha value is -0.580. The molecule has 19 heavy (non-hydrogen) atoms. The van der Waals surface area contributed by atoms with Crippen molar-refractivity contribution in [3.63, 3.8) is 0 Å². The molecule has 1 aromatic rings. The summed E-state index contributed by atoms with van der Waals surface area (Å²) in [5, 5.41) is 3.91. The van der Waals surface area contributed by atoms with Gasteiger partial charge in [-0.1, -0.05) is 31.5 Å². The average molecular weight is 304 g/mol. The van der Waals surface area contributed by atoms with Crippen LogP contribution in [0, 0.1) is 0 Å². The van der Waals surface area contributed by atoms with Crippen LogP contribution in [0.5, 0.6) is 0 Å². The van der Waals surface area contributed by atoms with Gasteiger partial charge in [0.25, 0.3) is 0 Å². The van der Waals surface area contributed by atoms with Gasteiger partial charge in [-0.2, -0.15) is 0 Å². The van der Waals surface area contributed by atoms with Crippen molar-refractivity contribution in [3.05, 3.63) is 28.8 Å². The second kappa shape index (κ2) is 6.25. The summed E-state index contributed by atoms with van der Waals surface area (Å²) < 4.78 is 23.6. The Bertz CT molecular complexity index is 536. The summed E-state index contributed by atoms with van der Waals surface area (Å²) in [6, 6.07) is 5.00. The van der Waals surface area contributed by atoms with Gasteiger partial charge in [-0.05, 0) is 31.9 Å². The molecule has 0 spiro atoms. The first kappa shape index (κ1) is 16.5. The third-order valence-corrected chi connectivity index (χ3v) is 5.26. The fraction of sp³-hybridized carbons (Fsp3) is 0.571. The predicted molar refractivity (Wildman–Crippen MR) is 80.4 cm³/mol. The molecular weight excluding hydrogens is 282 g/mol. The first-order chi connectivity index (χ1) is 8.73. The van der Waals surface area contributed by atoms with Crippen molar-refractivity contribution < 1.29 is 8.42 Å². The van der Waals surface area contributed by atoms with E-state index in [1.54, 1.807) is 18.2 Å². The summed E-state index contributed by atoms with van der Waals surface area (Å²) in [6.07, 6.45) is 3.16. The maximum Gasteiger partial charge on any atom is 0.175 e. The highest BCUT2D eigenvalue weighted by Gasteiger charge is 2.21. The molecule has 0 amide bonds. The van der Waals surface area contributed by atoms with Crippen molar-refractivity contribution in [2.45, 2.75) is 50.6 Å². The lowest BCUT2D eigenvalue weighted by Crippen LogP contribution is -2.40. The second-order valence-corrected chi connectivity index (χ2v) is 7.50. The summed E-state index contributed by atoms with van der Waals surface area (Å²) in [5.41, 5.74) is 0.647. The Morgan fingerprint density at radius 1 is 1.26 bits per heavy atom. The molecule has 0 fully saturated rings. The van der Waals surface area contributed by atoms with E-state index >= 15 is 0 Å². The van der Waals surface area contributed by atoms with E-state index in [0.29, 0.717) is 22.0 Å². The van der Waals surface area contributed by atoms with Crippen molar-refractivity contribution in [3.8, 4) is 0 Å². The van der Waals surface area contributed by atoms with Crippen LogP contribution in [0.3, 0.4) is 0 Å². The molecule has 0 aromatic heterocycles. The van der Waals surface area contributed by atoms with E-state index in [1.165, 1.54) is 6.26 Å². The van der Waals surface area contributed by atoms with E-state index in [-0.39, 0.29) is 5.54 Å². The number of halogens is 1. The van der Waals surface area contributed by atoms with Crippen molar-refractivity contribution in [2.24, 2.45) is 0 Å². The van der Waals surface area contributed by atoms with E-state index in [1.807, 2.05) is 0 Å². The van der Waals surface area contributed by atoms with Gasteiger partial charge in [0.2, 0.25) is 0 Å². The Labute approximate surface area is 121 Å². The summed E-state index contributed by atoms with van der Waals surface area (Å²) in [4.78, 5) is 0.307. The normalized spacial score (nSPS) is 12.7. The van der Waals surface area contributed by atoms with Crippen LogP contribution in [-0.4, -0.2) is 20.2 Å². The van der Waals surface area contributed by atoms with Crippen molar-refractivity contribution in [1.82, 2.24) is 5.32 Å². The zero-order valence-corrected chi connectivity index (χ0v) is 13.5. The highest BCUT2D eigenvalue weighted by molar-refractivity contribution is 7.90. The lowest BCUT2D eigenvalue weighted by Gasteiger charge is -2.29. The molecular formula is C14H22ClNO2S. The maximum atomic E-state index is 11.8. The number of hydrogen-bond acceptors (Lipinski definition) is 3. The molecule has 0 unspecified atom stereocenters. The molecule has 0 bridgehead atoms. The Balaban J connectivity index is 3.08.